The van der Waals surface area contributed by atoms with Crippen molar-refractivity contribution in [3.8, 4) is 39.6 Å². The van der Waals surface area contributed by atoms with Crippen LogP contribution in [0.3, 0.4) is 0 Å². The highest BCUT2D eigenvalue weighted by Gasteiger charge is 2.43. The molecule has 0 bridgehead atoms. The second-order valence-electron chi connectivity index (χ2n) is 15.2. The van der Waals surface area contributed by atoms with E-state index in [2.05, 4.69) is 192 Å². The van der Waals surface area contributed by atoms with E-state index < -0.39 is 0 Å². The first-order valence-electron chi connectivity index (χ1n) is 19.2. The molecule has 0 saturated heterocycles. The minimum atomic E-state index is -0.227. The Kier molecular flexibility index (Phi) is 7.20. The molecule has 0 fully saturated rings. The van der Waals surface area contributed by atoms with Crippen LogP contribution in [0.5, 0.6) is 11.5 Å². The molecule has 0 amide bonds. The van der Waals surface area contributed by atoms with Gasteiger partial charge in [0.1, 0.15) is 24.0 Å². The topological polar surface area (TPSA) is 33.5 Å². The lowest BCUT2D eigenvalue weighted by Gasteiger charge is -2.39. The van der Waals surface area contributed by atoms with Gasteiger partial charge in [-0.25, -0.2) is 4.98 Å². The van der Waals surface area contributed by atoms with Gasteiger partial charge in [-0.3, -0.25) is 4.57 Å². The van der Waals surface area contributed by atoms with Crippen molar-refractivity contribution in [1.29, 1.82) is 0 Å². The molecule has 0 unspecified atom stereocenters. The maximum atomic E-state index is 6.80. The van der Waals surface area contributed by atoms with Crippen molar-refractivity contribution in [2.75, 3.05) is 16.5 Å². The molecule has 4 heterocycles. The lowest BCUT2D eigenvalue weighted by atomic mass is 9.73. The molecule has 0 aliphatic carbocycles. The Balaban J connectivity index is 1.04. The number of benzene rings is 7. The van der Waals surface area contributed by atoms with Gasteiger partial charge in [0, 0.05) is 45.6 Å². The SMILES string of the molecule is CC1(C)c2ccc(Oc3ccc4c5ccccc5n(-c5ccccn5)c4c3)cc2N2CN(c3c(-c4ccccc4)cccc3-c3ccccc3)c3cccc1c32. The fourth-order valence-electron chi connectivity index (χ4n) is 9.10. The van der Waals surface area contributed by atoms with Crippen LogP contribution in [0.1, 0.15) is 25.0 Å². The van der Waals surface area contributed by atoms with E-state index in [0.29, 0.717) is 6.67 Å². The third-order valence-electron chi connectivity index (χ3n) is 11.7. The summed E-state index contributed by atoms with van der Waals surface area (Å²) in [6.45, 7) is 5.36. The van der Waals surface area contributed by atoms with Gasteiger partial charge in [0.2, 0.25) is 0 Å². The standard InChI is InChI=1S/C51H38N4O/c1-51(2)42-29-27-37(56-36-26-28-41-40-19-9-10-23-44(40)55(46(41)31-36)48-25-11-12-30-52-48)32-47(42)54-33-53(45-24-14-22-43(51)50(45)54)49-38(34-15-5-3-6-16-34)20-13-21-39(49)35-17-7-4-8-18-35/h3-32H,33H2,1-2H3. The van der Waals surface area contributed by atoms with Crippen molar-refractivity contribution in [3.63, 3.8) is 0 Å². The number of nitrogens with zero attached hydrogens (tertiary/aromatic N) is 4. The number of para-hydroxylation sites is 3. The van der Waals surface area contributed by atoms with E-state index in [1.54, 1.807) is 0 Å². The van der Waals surface area contributed by atoms with Gasteiger partial charge < -0.3 is 14.5 Å². The van der Waals surface area contributed by atoms with Crippen LogP contribution in [0.25, 0.3) is 49.9 Å². The monoisotopic (exact) mass is 722 g/mol. The highest BCUT2D eigenvalue weighted by molar-refractivity contribution is 6.09. The second kappa shape index (κ2) is 12.5. The van der Waals surface area contributed by atoms with Crippen LogP contribution < -0.4 is 14.5 Å². The highest BCUT2D eigenvalue weighted by atomic mass is 16.5. The predicted molar refractivity (Wildman–Crippen MR) is 230 cm³/mol. The van der Waals surface area contributed by atoms with E-state index in [9.17, 15) is 0 Å². The summed E-state index contributed by atoms with van der Waals surface area (Å²) in [5.74, 6) is 2.46. The summed E-state index contributed by atoms with van der Waals surface area (Å²) in [5.41, 5.74) is 14.2. The number of anilines is 4. The number of ether oxygens (including phenoxy) is 1. The summed E-state index contributed by atoms with van der Waals surface area (Å²) in [5, 5.41) is 2.35. The largest absolute Gasteiger partial charge is 0.457 e. The number of rotatable bonds is 6. The van der Waals surface area contributed by atoms with Gasteiger partial charge in [-0.05, 0) is 64.7 Å². The normalized spacial score (nSPS) is 13.9. The molecule has 9 aromatic rings. The first-order chi connectivity index (χ1) is 27.5. The zero-order chi connectivity index (χ0) is 37.4. The number of pyridine rings is 1. The Morgan fingerprint density at radius 2 is 1.14 bits per heavy atom. The van der Waals surface area contributed by atoms with E-state index in [4.69, 9.17) is 9.72 Å². The molecule has 2 aliphatic heterocycles. The lowest BCUT2D eigenvalue weighted by molar-refractivity contribution is 0.482. The Hall–Kier alpha value is -7.11. The van der Waals surface area contributed by atoms with Gasteiger partial charge in [-0.1, -0.05) is 135 Å². The minimum absolute atomic E-state index is 0.227. The molecule has 0 atom stereocenters. The summed E-state index contributed by atoms with van der Waals surface area (Å²) in [6.07, 6.45) is 1.84. The fraction of sp³-hybridized carbons (Fsp3) is 0.0784. The molecule has 7 aromatic carbocycles. The van der Waals surface area contributed by atoms with Crippen LogP contribution in [0.15, 0.2) is 182 Å². The second-order valence-corrected chi connectivity index (χ2v) is 15.2. The minimum Gasteiger partial charge on any atom is -0.457 e. The van der Waals surface area contributed by atoms with Gasteiger partial charge >= 0.3 is 0 Å². The molecule has 268 valence electrons. The summed E-state index contributed by atoms with van der Waals surface area (Å²) >= 11 is 0. The molecular weight excluding hydrogens is 685 g/mol. The van der Waals surface area contributed by atoms with E-state index in [1.807, 2.05) is 18.3 Å². The zero-order valence-electron chi connectivity index (χ0n) is 31.2. The predicted octanol–water partition coefficient (Wildman–Crippen LogP) is 13.2. The van der Waals surface area contributed by atoms with Crippen LogP contribution in [0.4, 0.5) is 22.7 Å². The molecule has 11 rings (SSSR count). The molecular formula is C51H38N4O. The summed E-state index contributed by atoms with van der Waals surface area (Å²) in [7, 11) is 0. The van der Waals surface area contributed by atoms with Crippen molar-refractivity contribution in [1.82, 2.24) is 9.55 Å². The van der Waals surface area contributed by atoms with E-state index in [0.717, 1.165) is 39.4 Å². The van der Waals surface area contributed by atoms with Crippen molar-refractivity contribution in [3.05, 3.63) is 193 Å². The molecule has 0 spiro atoms. The summed E-state index contributed by atoms with van der Waals surface area (Å²) in [4.78, 5) is 9.74. The van der Waals surface area contributed by atoms with Crippen LogP contribution >= 0.6 is 0 Å². The smallest absolute Gasteiger partial charge is 0.137 e. The van der Waals surface area contributed by atoms with Crippen LogP contribution in [-0.2, 0) is 5.41 Å². The van der Waals surface area contributed by atoms with Gasteiger partial charge in [-0.2, -0.15) is 0 Å². The van der Waals surface area contributed by atoms with Crippen LogP contribution in [0, 0.1) is 0 Å². The first kappa shape index (κ1) is 32.3. The fourth-order valence-corrected chi connectivity index (χ4v) is 9.10. The molecule has 5 heteroatoms. The van der Waals surface area contributed by atoms with Crippen molar-refractivity contribution in [2.24, 2.45) is 0 Å². The van der Waals surface area contributed by atoms with Crippen molar-refractivity contribution in [2.45, 2.75) is 19.3 Å². The molecule has 0 radical (unpaired) electrons. The summed E-state index contributed by atoms with van der Waals surface area (Å²) in [6, 6.07) is 62.6. The van der Waals surface area contributed by atoms with E-state index in [-0.39, 0.29) is 5.41 Å². The number of fused-ring (bicyclic) bond motifs is 5. The van der Waals surface area contributed by atoms with Gasteiger partial charge in [0.25, 0.3) is 0 Å². The third-order valence-corrected chi connectivity index (χ3v) is 11.7. The Morgan fingerprint density at radius 3 is 1.89 bits per heavy atom. The van der Waals surface area contributed by atoms with Gasteiger partial charge in [0.05, 0.1) is 33.8 Å². The highest BCUT2D eigenvalue weighted by Crippen LogP contribution is 2.58. The first-order valence-corrected chi connectivity index (χ1v) is 19.2. The van der Waals surface area contributed by atoms with E-state index in [1.165, 1.54) is 55.8 Å². The Bertz CT molecular complexity index is 2890. The van der Waals surface area contributed by atoms with Crippen molar-refractivity contribution < 1.29 is 4.74 Å². The maximum absolute atomic E-state index is 6.80. The maximum Gasteiger partial charge on any atom is 0.137 e. The van der Waals surface area contributed by atoms with Crippen molar-refractivity contribution >= 4 is 44.6 Å². The van der Waals surface area contributed by atoms with Crippen LogP contribution in [-0.4, -0.2) is 16.2 Å². The molecule has 0 N–H and O–H groups in total. The van der Waals surface area contributed by atoms with Gasteiger partial charge in [0.15, 0.2) is 0 Å². The quantitative estimate of drug-likeness (QED) is 0.171. The third kappa shape index (κ3) is 4.90. The Labute approximate surface area is 326 Å². The zero-order valence-corrected chi connectivity index (χ0v) is 31.2. The Morgan fingerprint density at radius 1 is 0.500 bits per heavy atom. The summed E-state index contributed by atoms with van der Waals surface area (Å²) < 4.78 is 9.02. The lowest BCUT2D eigenvalue weighted by Crippen LogP contribution is -2.33. The number of aromatic nitrogens is 2. The van der Waals surface area contributed by atoms with Gasteiger partial charge in [-0.15, -0.1) is 0 Å². The molecule has 2 aliphatic rings. The number of hydrogen-bond acceptors (Lipinski definition) is 4. The number of hydrogen-bond donors (Lipinski definition) is 0. The average molecular weight is 723 g/mol. The molecule has 56 heavy (non-hydrogen) atoms. The molecule has 2 aromatic heterocycles. The average Bonchev–Trinajstić information content (AvgIpc) is 3.80. The molecule has 5 nitrogen and oxygen atoms in total. The van der Waals surface area contributed by atoms with E-state index >= 15 is 0 Å². The van der Waals surface area contributed by atoms with Crippen LogP contribution in [0.2, 0.25) is 0 Å². The molecule has 0 saturated carbocycles.